The minimum Gasteiger partial charge on any atom is -0.351 e. The molecule has 0 aromatic heterocycles. The summed E-state index contributed by atoms with van der Waals surface area (Å²) in [5, 5.41) is 0. The lowest BCUT2D eigenvalue weighted by Crippen LogP contribution is -2.35. The Morgan fingerprint density at radius 1 is 0.567 bits per heavy atom. The molecule has 0 radical (unpaired) electrons. The van der Waals surface area contributed by atoms with Gasteiger partial charge in [0.2, 0.25) is 0 Å². The van der Waals surface area contributed by atoms with Crippen LogP contribution in [0.15, 0.2) is 0 Å². The van der Waals surface area contributed by atoms with Crippen LogP contribution in [-0.4, -0.2) is 48.0 Å². The quantitative estimate of drug-likeness (QED) is 0.519. The largest absolute Gasteiger partial charge is 0.351 e. The fourth-order valence-electron chi connectivity index (χ4n) is 1.73. The van der Waals surface area contributed by atoms with E-state index in [1.165, 1.54) is 9.80 Å². The van der Waals surface area contributed by atoms with Gasteiger partial charge < -0.3 is 21.3 Å². The number of hydrogen-bond donors (Lipinski definition) is 2. The SMILES string of the molecule is CCN(CC#CC#CCCC#CC#CCCC#CC#CCN(CC)C(N)=O)C(N)=O. The number of rotatable bonds is 6. The number of carbonyl (C=O) groups excluding carboxylic acids is 2. The Bertz CT molecular complexity index is 865. The van der Waals surface area contributed by atoms with Crippen molar-refractivity contribution in [2.24, 2.45) is 11.5 Å². The van der Waals surface area contributed by atoms with Crippen LogP contribution >= 0.6 is 0 Å². The molecule has 0 heterocycles. The van der Waals surface area contributed by atoms with Crippen LogP contribution in [0.1, 0.15) is 39.5 Å². The minimum atomic E-state index is -0.489. The van der Waals surface area contributed by atoms with E-state index in [0.29, 0.717) is 38.8 Å². The van der Waals surface area contributed by atoms with Gasteiger partial charge in [-0.25, -0.2) is 9.59 Å². The highest BCUT2D eigenvalue weighted by atomic mass is 16.2. The molecule has 6 nitrogen and oxygen atoms in total. The lowest BCUT2D eigenvalue weighted by molar-refractivity contribution is 0.215. The lowest BCUT2D eigenvalue weighted by atomic mass is 10.3. The van der Waals surface area contributed by atoms with Crippen molar-refractivity contribution >= 4 is 12.1 Å². The van der Waals surface area contributed by atoms with E-state index >= 15 is 0 Å². The van der Waals surface area contributed by atoms with Crippen LogP contribution in [-0.2, 0) is 0 Å². The van der Waals surface area contributed by atoms with Crippen molar-refractivity contribution in [3.8, 4) is 71.0 Å². The van der Waals surface area contributed by atoms with Crippen LogP contribution in [0.3, 0.4) is 0 Å². The smallest absolute Gasteiger partial charge is 0.315 e. The monoisotopic (exact) mass is 402 g/mol. The van der Waals surface area contributed by atoms with Gasteiger partial charge in [-0.2, -0.15) is 0 Å². The van der Waals surface area contributed by atoms with Crippen molar-refractivity contribution in [3.05, 3.63) is 0 Å². The summed E-state index contributed by atoms with van der Waals surface area (Å²) in [4.78, 5) is 24.8. The number of urea groups is 2. The van der Waals surface area contributed by atoms with Gasteiger partial charge in [0.05, 0.1) is 13.1 Å². The standard InChI is InChI=1S/C24H26N4O2/c1-3-27(23(25)29)21-19-17-15-13-11-9-7-5-6-8-10-12-14-16-18-20-22-28(4-2)24(26)30/h3-4,9-12,21-22H2,1-2H3,(H2,25,29)(H2,26,30). The molecule has 4 amide bonds. The van der Waals surface area contributed by atoms with Crippen LogP contribution in [0.4, 0.5) is 9.59 Å². The summed E-state index contributed by atoms with van der Waals surface area (Å²) in [5.74, 6) is 33.5. The van der Waals surface area contributed by atoms with Gasteiger partial charge in [0, 0.05) is 38.8 Å². The Labute approximate surface area is 180 Å². The third kappa shape index (κ3) is 15.0. The first-order valence-corrected chi connectivity index (χ1v) is 9.48. The molecule has 0 saturated heterocycles. The van der Waals surface area contributed by atoms with Gasteiger partial charge in [-0.1, -0.05) is 35.5 Å². The second kappa shape index (κ2) is 18.3. The van der Waals surface area contributed by atoms with E-state index in [1.807, 2.05) is 13.8 Å². The summed E-state index contributed by atoms with van der Waals surface area (Å²) in [6.07, 6.45) is 2.43. The van der Waals surface area contributed by atoms with Crippen LogP contribution < -0.4 is 11.5 Å². The molecule has 0 unspecified atom stereocenters. The number of nitrogens with zero attached hydrogens (tertiary/aromatic N) is 2. The van der Waals surface area contributed by atoms with Gasteiger partial charge in [-0.3, -0.25) is 0 Å². The van der Waals surface area contributed by atoms with Gasteiger partial charge in [0.25, 0.3) is 0 Å². The van der Waals surface area contributed by atoms with E-state index in [2.05, 4.69) is 71.0 Å². The van der Waals surface area contributed by atoms with E-state index in [-0.39, 0.29) is 13.1 Å². The van der Waals surface area contributed by atoms with E-state index in [1.54, 1.807) is 0 Å². The van der Waals surface area contributed by atoms with Gasteiger partial charge in [-0.15, -0.1) is 0 Å². The first-order valence-electron chi connectivity index (χ1n) is 9.48. The number of unbranched alkanes of at least 4 members (excludes halogenated alkanes) is 2. The number of hydrogen-bond acceptors (Lipinski definition) is 2. The zero-order valence-corrected chi connectivity index (χ0v) is 17.5. The van der Waals surface area contributed by atoms with Crippen LogP contribution in [0, 0.1) is 71.0 Å². The predicted octanol–water partition coefficient (Wildman–Crippen LogP) is 1.37. The summed E-state index contributed by atoms with van der Waals surface area (Å²) in [5.41, 5.74) is 10.3. The van der Waals surface area contributed by atoms with Crippen molar-refractivity contribution in [1.29, 1.82) is 0 Å². The average Bonchev–Trinajstić information content (AvgIpc) is 2.72. The molecule has 6 heteroatoms. The number of carbonyl (C=O) groups is 2. The highest BCUT2D eigenvalue weighted by molar-refractivity contribution is 5.72. The van der Waals surface area contributed by atoms with Crippen LogP contribution in [0.2, 0.25) is 0 Å². The molecule has 0 atom stereocenters. The highest BCUT2D eigenvalue weighted by Gasteiger charge is 2.03. The molecule has 0 bridgehead atoms. The topological polar surface area (TPSA) is 92.7 Å². The maximum atomic E-state index is 11.0. The Balaban J connectivity index is 4.01. The zero-order valence-electron chi connectivity index (χ0n) is 17.5. The molecular weight excluding hydrogens is 376 g/mol. The molecule has 0 fully saturated rings. The van der Waals surface area contributed by atoms with Gasteiger partial charge in [0.15, 0.2) is 0 Å². The van der Waals surface area contributed by atoms with E-state index < -0.39 is 12.1 Å². The van der Waals surface area contributed by atoms with E-state index in [9.17, 15) is 9.59 Å². The normalized spacial score (nSPS) is 7.67. The van der Waals surface area contributed by atoms with Crippen molar-refractivity contribution in [2.45, 2.75) is 39.5 Å². The molecule has 0 aromatic rings. The van der Waals surface area contributed by atoms with Gasteiger partial charge in [-0.05, 0) is 49.4 Å². The third-order valence-electron chi connectivity index (χ3n) is 3.39. The highest BCUT2D eigenvalue weighted by Crippen LogP contribution is 1.86. The Hall–Kier alpha value is -4.10. The second-order valence-electron chi connectivity index (χ2n) is 5.52. The van der Waals surface area contributed by atoms with Crippen molar-refractivity contribution in [2.75, 3.05) is 26.2 Å². The Morgan fingerprint density at radius 3 is 1.07 bits per heavy atom. The molecule has 0 spiro atoms. The second-order valence-corrected chi connectivity index (χ2v) is 5.52. The van der Waals surface area contributed by atoms with E-state index in [0.717, 1.165) is 0 Å². The molecule has 0 saturated carbocycles. The lowest BCUT2D eigenvalue weighted by Gasteiger charge is -2.13. The van der Waals surface area contributed by atoms with Crippen molar-refractivity contribution in [1.82, 2.24) is 9.80 Å². The molecule has 0 aromatic carbocycles. The predicted molar refractivity (Wildman–Crippen MR) is 119 cm³/mol. The summed E-state index contributed by atoms with van der Waals surface area (Å²) in [6.45, 7) is 5.26. The molecule has 0 aliphatic carbocycles. The minimum absolute atomic E-state index is 0.277. The van der Waals surface area contributed by atoms with Gasteiger partial charge >= 0.3 is 12.1 Å². The molecular formula is C24H26N4O2. The summed E-state index contributed by atoms with van der Waals surface area (Å²) >= 11 is 0. The van der Waals surface area contributed by atoms with Crippen molar-refractivity contribution < 1.29 is 9.59 Å². The number of amides is 4. The fraction of sp³-hybridized carbons (Fsp3) is 0.417. The molecule has 154 valence electrons. The van der Waals surface area contributed by atoms with Crippen molar-refractivity contribution in [3.63, 3.8) is 0 Å². The zero-order chi connectivity index (χ0) is 22.5. The average molecular weight is 402 g/mol. The first kappa shape index (κ1) is 25.9. The summed E-state index contributed by atoms with van der Waals surface area (Å²) in [7, 11) is 0. The molecule has 30 heavy (non-hydrogen) atoms. The van der Waals surface area contributed by atoms with Crippen LogP contribution in [0.25, 0.3) is 0 Å². The molecule has 0 aliphatic heterocycles. The molecule has 0 aliphatic rings. The molecule has 0 rings (SSSR count). The Morgan fingerprint density at radius 2 is 0.833 bits per heavy atom. The maximum Gasteiger partial charge on any atom is 0.315 e. The number of nitrogens with two attached hydrogens (primary N) is 2. The summed E-state index contributed by atoms with van der Waals surface area (Å²) in [6, 6.07) is -0.977. The fourth-order valence-corrected chi connectivity index (χ4v) is 1.73. The Kier molecular flexibility index (Phi) is 15.8. The first-order chi connectivity index (χ1) is 14.5. The molecule has 4 N–H and O–H groups in total. The van der Waals surface area contributed by atoms with Crippen LogP contribution in [0.5, 0.6) is 0 Å². The number of primary amides is 2. The summed E-state index contributed by atoms with van der Waals surface area (Å²) < 4.78 is 0. The third-order valence-corrected chi connectivity index (χ3v) is 3.39. The van der Waals surface area contributed by atoms with Gasteiger partial charge in [0.1, 0.15) is 0 Å². The maximum absolute atomic E-state index is 11.0. The van der Waals surface area contributed by atoms with E-state index in [4.69, 9.17) is 11.5 Å².